The molecule has 0 aromatic carbocycles. The van der Waals surface area contributed by atoms with Gasteiger partial charge in [0.1, 0.15) is 10.7 Å². The van der Waals surface area contributed by atoms with E-state index in [0.29, 0.717) is 29.4 Å². The first kappa shape index (κ1) is 12.6. The van der Waals surface area contributed by atoms with Crippen molar-refractivity contribution >= 4 is 34.6 Å². The average Bonchev–Trinajstić information content (AvgIpc) is 2.75. The second-order valence-corrected chi connectivity index (χ2v) is 5.49. The standard InChI is InChI=1S/C12H14ClNO2S/c1-2-8-7-14(5-3-10(8)15)12(16)11-9(13)4-6-17-11/h4,6,8H,2-3,5,7H2,1H3. The van der Waals surface area contributed by atoms with Gasteiger partial charge in [-0.25, -0.2) is 0 Å². The van der Waals surface area contributed by atoms with Crippen LogP contribution in [0.15, 0.2) is 11.4 Å². The Morgan fingerprint density at radius 2 is 2.41 bits per heavy atom. The Balaban J connectivity index is 2.11. The van der Waals surface area contributed by atoms with Gasteiger partial charge in [0.2, 0.25) is 0 Å². The third kappa shape index (κ3) is 2.53. The molecule has 92 valence electrons. The summed E-state index contributed by atoms with van der Waals surface area (Å²) in [4.78, 5) is 26.1. The van der Waals surface area contributed by atoms with Crippen LogP contribution in [0.2, 0.25) is 5.02 Å². The van der Waals surface area contributed by atoms with Crippen LogP contribution in [0.1, 0.15) is 29.4 Å². The number of rotatable bonds is 2. The first-order valence-electron chi connectivity index (χ1n) is 5.68. The van der Waals surface area contributed by atoms with Crippen molar-refractivity contribution in [3.8, 4) is 0 Å². The van der Waals surface area contributed by atoms with Crippen LogP contribution in [0.5, 0.6) is 0 Å². The summed E-state index contributed by atoms with van der Waals surface area (Å²) >= 11 is 7.30. The Kier molecular flexibility index (Phi) is 3.84. The summed E-state index contributed by atoms with van der Waals surface area (Å²) in [6.45, 7) is 3.03. The van der Waals surface area contributed by atoms with Crippen molar-refractivity contribution in [2.75, 3.05) is 13.1 Å². The van der Waals surface area contributed by atoms with Gasteiger partial charge in [-0.3, -0.25) is 9.59 Å². The molecule has 1 saturated heterocycles. The zero-order valence-corrected chi connectivity index (χ0v) is 11.2. The highest BCUT2D eigenvalue weighted by molar-refractivity contribution is 7.12. The highest BCUT2D eigenvalue weighted by Crippen LogP contribution is 2.26. The van der Waals surface area contributed by atoms with E-state index in [1.807, 2.05) is 12.3 Å². The van der Waals surface area contributed by atoms with Gasteiger partial charge in [-0.2, -0.15) is 0 Å². The van der Waals surface area contributed by atoms with Crippen molar-refractivity contribution in [3.63, 3.8) is 0 Å². The molecule has 1 aliphatic heterocycles. The van der Waals surface area contributed by atoms with E-state index in [1.54, 1.807) is 11.0 Å². The minimum absolute atomic E-state index is 0.00793. The summed E-state index contributed by atoms with van der Waals surface area (Å²) in [6.07, 6.45) is 1.26. The van der Waals surface area contributed by atoms with Crippen molar-refractivity contribution in [1.29, 1.82) is 0 Å². The third-order valence-corrected chi connectivity index (χ3v) is 4.45. The van der Waals surface area contributed by atoms with Crippen molar-refractivity contribution in [2.45, 2.75) is 19.8 Å². The monoisotopic (exact) mass is 271 g/mol. The Morgan fingerprint density at radius 1 is 1.65 bits per heavy atom. The molecule has 2 heterocycles. The molecule has 0 spiro atoms. The summed E-state index contributed by atoms with van der Waals surface area (Å²) in [5.74, 6) is 0.219. The largest absolute Gasteiger partial charge is 0.337 e. The summed E-state index contributed by atoms with van der Waals surface area (Å²) < 4.78 is 0. The molecule has 1 aliphatic rings. The molecule has 1 amide bonds. The SMILES string of the molecule is CCC1CN(C(=O)c2sccc2Cl)CCC1=O. The molecule has 5 heteroatoms. The molecular formula is C12H14ClNO2S. The van der Waals surface area contributed by atoms with Gasteiger partial charge in [0.15, 0.2) is 0 Å². The number of carbonyl (C=O) groups excluding carboxylic acids is 2. The van der Waals surface area contributed by atoms with Crippen molar-refractivity contribution in [3.05, 3.63) is 21.3 Å². The van der Waals surface area contributed by atoms with E-state index in [4.69, 9.17) is 11.6 Å². The number of hydrogen-bond donors (Lipinski definition) is 0. The molecular weight excluding hydrogens is 258 g/mol. The van der Waals surface area contributed by atoms with Gasteiger partial charge in [-0.05, 0) is 17.9 Å². The molecule has 2 rings (SSSR count). The molecule has 1 aromatic rings. The fraction of sp³-hybridized carbons (Fsp3) is 0.500. The average molecular weight is 272 g/mol. The van der Waals surface area contributed by atoms with E-state index < -0.39 is 0 Å². The number of ketones is 1. The lowest BCUT2D eigenvalue weighted by atomic mass is 9.94. The fourth-order valence-electron chi connectivity index (χ4n) is 2.04. The lowest BCUT2D eigenvalue weighted by Crippen LogP contribution is -2.43. The quantitative estimate of drug-likeness (QED) is 0.829. The van der Waals surface area contributed by atoms with Crippen molar-refractivity contribution < 1.29 is 9.59 Å². The Hall–Kier alpha value is -0.870. The van der Waals surface area contributed by atoms with Gasteiger partial charge >= 0.3 is 0 Å². The molecule has 3 nitrogen and oxygen atoms in total. The van der Waals surface area contributed by atoms with Crippen molar-refractivity contribution in [2.24, 2.45) is 5.92 Å². The summed E-state index contributed by atoms with van der Waals surface area (Å²) in [7, 11) is 0. The molecule has 0 aliphatic carbocycles. The van der Waals surface area contributed by atoms with Crippen molar-refractivity contribution in [1.82, 2.24) is 4.90 Å². The number of likely N-dealkylation sites (tertiary alicyclic amines) is 1. The second kappa shape index (κ2) is 5.19. The molecule has 0 N–H and O–H groups in total. The van der Waals surface area contributed by atoms with Crippen LogP contribution in [0.3, 0.4) is 0 Å². The highest BCUT2D eigenvalue weighted by Gasteiger charge is 2.30. The Morgan fingerprint density at radius 3 is 3.00 bits per heavy atom. The summed E-state index contributed by atoms with van der Waals surface area (Å²) in [5, 5.41) is 2.31. The highest BCUT2D eigenvalue weighted by atomic mass is 35.5. The van der Waals surface area contributed by atoms with Gasteiger partial charge < -0.3 is 4.90 Å². The maximum atomic E-state index is 12.2. The number of carbonyl (C=O) groups is 2. The first-order valence-corrected chi connectivity index (χ1v) is 6.94. The predicted molar refractivity (Wildman–Crippen MR) is 68.6 cm³/mol. The molecule has 0 radical (unpaired) electrons. The number of halogens is 1. The van der Waals surface area contributed by atoms with Crippen LogP contribution in [-0.4, -0.2) is 29.7 Å². The molecule has 1 unspecified atom stereocenters. The van der Waals surface area contributed by atoms with Gasteiger partial charge in [0.05, 0.1) is 5.02 Å². The van der Waals surface area contributed by atoms with Gasteiger partial charge in [-0.15, -0.1) is 11.3 Å². The Bertz CT molecular complexity index is 443. The molecule has 0 saturated carbocycles. The molecule has 1 aromatic heterocycles. The van der Waals surface area contributed by atoms with Gasteiger partial charge in [0, 0.05) is 25.4 Å². The molecule has 0 bridgehead atoms. The van der Waals surface area contributed by atoms with E-state index in [9.17, 15) is 9.59 Å². The van der Waals surface area contributed by atoms with E-state index in [2.05, 4.69) is 0 Å². The zero-order chi connectivity index (χ0) is 12.4. The third-order valence-electron chi connectivity index (χ3n) is 3.12. The van der Waals surface area contributed by atoms with E-state index in [1.165, 1.54) is 11.3 Å². The smallest absolute Gasteiger partial charge is 0.265 e. The minimum Gasteiger partial charge on any atom is -0.337 e. The van der Waals surface area contributed by atoms with Crippen LogP contribution in [0.25, 0.3) is 0 Å². The topological polar surface area (TPSA) is 37.4 Å². The minimum atomic E-state index is -0.0454. The van der Waals surface area contributed by atoms with Crippen LogP contribution in [0, 0.1) is 5.92 Å². The number of hydrogen-bond acceptors (Lipinski definition) is 3. The van der Waals surface area contributed by atoms with E-state index in [-0.39, 0.29) is 17.6 Å². The Labute approximate surface area is 109 Å². The summed E-state index contributed by atoms with van der Waals surface area (Å²) in [6, 6.07) is 1.73. The maximum absolute atomic E-state index is 12.2. The number of piperidine rings is 1. The number of thiophene rings is 1. The van der Waals surface area contributed by atoms with Crippen LogP contribution < -0.4 is 0 Å². The fourth-order valence-corrected chi connectivity index (χ4v) is 3.14. The van der Waals surface area contributed by atoms with Crippen LogP contribution in [0.4, 0.5) is 0 Å². The normalized spacial score (nSPS) is 20.7. The van der Waals surface area contributed by atoms with Gasteiger partial charge in [-0.1, -0.05) is 18.5 Å². The number of nitrogens with zero attached hydrogens (tertiary/aromatic N) is 1. The van der Waals surface area contributed by atoms with Gasteiger partial charge in [0.25, 0.3) is 5.91 Å². The number of Topliss-reactive ketones (excluding diaryl/α,β-unsaturated/α-hetero) is 1. The molecule has 1 fully saturated rings. The first-order chi connectivity index (χ1) is 8.13. The predicted octanol–water partition coefficient (Wildman–Crippen LogP) is 2.84. The molecule has 17 heavy (non-hydrogen) atoms. The molecule has 1 atom stereocenters. The number of amides is 1. The lowest BCUT2D eigenvalue weighted by Gasteiger charge is -2.31. The second-order valence-electron chi connectivity index (χ2n) is 4.17. The maximum Gasteiger partial charge on any atom is 0.265 e. The van der Waals surface area contributed by atoms with Crippen LogP contribution in [-0.2, 0) is 4.79 Å². The van der Waals surface area contributed by atoms with E-state index in [0.717, 1.165) is 6.42 Å². The summed E-state index contributed by atoms with van der Waals surface area (Å²) in [5.41, 5.74) is 0. The van der Waals surface area contributed by atoms with Crippen LogP contribution >= 0.6 is 22.9 Å². The lowest BCUT2D eigenvalue weighted by molar-refractivity contribution is -0.125. The zero-order valence-electron chi connectivity index (χ0n) is 9.61. The van der Waals surface area contributed by atoms with E-state index >= 15 is 0 Å².